The molecule has 1 aliphatic heterocycles. The quantitative estimate of drug-likeness (QED) is 0.571. The molecule has 2 aromatic carbocycles. The van der Waals surface area contributed by atoms with E-state index in [4.69, 9.17) is 5.73 Å². The van der Waals surface area contributed by atoms with Crippen LogP contribution in [0.15, 0.2) is 54.7 Å². The van der Waals surface area contributed by atoms with Gasteiger partial charge in [0.15, 0.2) is 0 Å². The molecular weight excluding hydrogens is 449 g/mol. The lowest BCUT2D eigenvalue weighted by atomic mass is 9.97. The van der Waals surface area contributed by atoms with Crippen LogP contribution in [0.2, 0.25) is 0 Å². The average molecular weight is 478 g/mol. The number of carbonyl (C=O) groups is 2. The van der Waals surface area contributed by atoms with Gasteiger partial charge in [-0.25, -0.2) is 19.2 Å². The zero-order valence-corrected chi connectivity index (χ0v) is 19.9. The third kappa shape index (κ3) is 5.08. The summed E-state index contributed by atoms with van der Waals surface area (Å²) in [7, 11) is 0. The number of nitrogens with two attached hydrogens (primary N) is 1. The molecule has 1 aromatic heterocycles. The number of nitrogens with zero attached hydrogens (tertiary/aromatic N) is 4. The molecule has 3 aromatic rings. The number of hydrogen-bond donors (Lipinski definition) is 2. The van der Waals surface area contributed by atoms with E-state index >= 15 is 0 Å². The molecule has 35 heavy (non-hydrogen) atoms. The second-order valence-corrected chi connectivity index (χ2v) is 9.55. The van der Waals surface area contributed by atoms with Gasteiger partial charge in [-0.15, -0.1) is 0 Å². The van der Waals surface area contributed by atoms with E-state index in [2.05, 4.69) is 9.97 Å². The summed E-state index contributed by atoms with van der Waals surface area (Å²) in [6.07, 6.45) is 1.16. The van der Waals surface area contributed by atoms with Gasteiger partial charge in [0.25, 0.3) is 0 Å². The lowest BCUT2D eigenvalue weighted by Crippen LogP contribution is -2.58. The summed E-state index contributed by atoms with van der Waals surface area (Å²) in [6, 6.07) is 12.2. The molecule has 182 valence electrons. The normalized spacial score (nSPS) is 13.9. The SMILES string of the molecule is CC(C)(C)N(C(=O)O)[C@@H](Cc1ccc(F)cc1)C(=O)N1CCc2cc(-c3ccnc(N)n3)ccc21. The van der Waals surface area contributed by atoms with Crippen LogP contribution in [0, 0.1) is 5.82 Å². The van der Waals surface area contributed by atoms with Crippen molar-refractivity contribution in [3.05, 3.63) is 71.7 Å². The highest BCUT2D eigenvalue weighted by atomic mass is 19.1. The number of carboxylic acid groups (broad SMARTS) is 1. The lowest BCUT2D eigenvalue weighted by molar-refractivity contribution is -0.124. The maximum atomic E-state index is 13.9. The molecule has 0 fully saturated rings. The first kappa shape index (κ1) is 24.1. The molecule has 0 bridgehead atoms. The Kier molecular flexibility index (Phi) is 6.43. The monoisotopic (exact) mass is 477 g/mol. The molecule has 9 heteroatoms. The number of nitrogen functional groups attached to an aromatic ring is 1. The van der Waals surface area contributed by atoms with Gasteiger partial charge in [0.2, 0.25) is 11.9 Å². The van der Waals surface area contributed by atoms with Crippen molar-refractivity contribution in [2.45, 2.75) is 45.2 Å². The van der Waals surface area contributed by atoms with E-state index in [-0.39, 0.29) is 18.3 Å². The van der Waals surface area contributed by atoms with Crippen molar-refractivity contribution >= 4 is 23.6 Å². The van der Waals surface area contributed by atoms with Crippen molar-refractivity contribution in [1.82, 2.24) is 14.9 Å². The highest BCUT2D eigenvalue weighted by Crippen LogP contribution is 2.34. The average Bonchev–Trinajstić information content (AvgIpc) is 3.21. The Bertz CT molecular complexity index is 1260. The van der Waals surface area contributed by atoms with Crippen LogP contribution in [0.4, 0.5) is 20.8 Å². The molecule has 0 spiro atoms. The van der Waals surface area contributed by atoms with Crippen molar-refractivity contribution in [3.8, 4) is 11.3 Å². The summed E-state index contributed by atoms with van der Waals surface area (Å²) in [5.74, 6) is -0.527. The van der Waals surface area contributed by atoms with Gasteiger partial charge in [0.1, 0.15) is 11.9 Å². The van der Waals surface area contributed by atoms with Crippen LogP contribution in [0.5, 0.6) is 0 Å². The van der Waals surface area contributed by atoms with Crippen LogP contribution in [0.25, 0.3) is 11.3 Å². The fourth-order valence-electron chi connectivity index (χ4n) is 4.52. The molecule has 1 atom stereocenters. The Labute approximate surface area is 203 Å². The molecule has 0 radical (unpaired) electrons. The smallest absolute Gasteiger partial charge is 0.408 e. The van der Waals surface area contributed by atoms with Gasteiger partial charge in [-0.05, 0) is 68.7 Å². The van der Waals surface area contributed by atoms with Crippen molar-refractivity contribution in [1.29, 1.82) is 0 Å². The molecule has 4 rings (SSSR count). The van der Waals surface area contributed by atoms with E-state index in [1.54, 1.807) is 50.1 Å². The van der Waals surface area contributed by atoms with Crippen LogP contribution in [0.1, 0.15) is 31.9 Å². The van der Waals surface area contributed by atoms with E-state index in [0.29, 0.717) is 24.2 Å². The van der Waals surface area contributed by atoms with Crippen LogP contribution in [0.3, 0.4) is 0 Å². The third-order valence-corrected chi connectivity index (χ3v) is 6.08. The second kappa shape index (κ2) is 9.32. The van der Waals surface area contributed by atoms with Crippen LogP contribution in [-0.4, -0.2) is 50.1 Å². The van der Waals surface area contributed by atoms with Crippen LogP contribution >= 0.6 is 0 Å². The fourth-order valence-corrected chi connectivity index (χ4v) is 4.52. The van der Waals surface area contributed by atoms with Crippen molar-refractivity contribution in [2.75, 3.05) is 17.2 Å². The molecule has 2 amide bonds. The van der Waals surface area contributed by atoms with Gasteiger partial charge in [-0.2, -0.15) is 0 Å². The van der Waals surface area contributed by atoms with E-state index in [1.807, 2.05) is 18.2 Å². The van der Waals surface area contributed by atoms with Crippen molar-refractivity contribution in [3.63, 3.8) is 0 Å². The third-order valence-electron chi connectivity index (χ3n) is 6.08. The molecule has 1 aliphatic rings. The maximum Gasteiger partial charge on any atom is 0.408 e. The van der Waals surface area contributed by atoms with Gasteiger partial charge >= 0.3 is 6.09 Å². The zero-order chi connectivity index (χ0) is 25.3. The van der Waals surface area contributed by atoms with Gasteiger partial charge in [-0.1, -0.05) is 18.2 Å². The largest absolute Gasteiger partial charge is 0.465 e. The highest BCUT2D eigenvalue weighted by Gasteiger charge is 2.41. The Morgan fingerprint density at radius 1 is 1.17 bits per heavy atom. The summed E-state index contributed by atoms with van der Waals surface area (Å²) in [5, 5.41) is 10.0. The first-order chi connectivity index (χ1) is 16.5. The van der Waals surface area contributed by atoms with E-state index in [0.717, 1.165) is 16.8 Å². The number of fused-ring (bicyclic) bond motifs is 1. The number of anilines is 2. The predicted molar refractivity (Wildman–Crippen MR) is 131 cm³/mol. The molecule has 2 heterocycles. The van der Waals surface area contributed by atoms with E-state index in [1.165, 1.54) is 17.0 Å². The van der Waals surface area contributed by atoms with E-state index < -0.39 is 23.5 Å². The Balaban J connectivity index is 1.68. The summed E-state index contributed by atoms with van der Waals surface area (Å²) < 4.78 is 13.5. The van der Waals surface area contributed by atoms with Gasteiger partial charge in [0.05, 0.1) is 5.69 Å². The fraction of sp³-hybridized carbons (Fsp3) is 0.308. The second-order valence-electron chi connectivity index (χ2n) is 9.55. The standard InChI is InChI=1S/C26H28FN5O3/c1-26(2,3)32(25(34)35)22(14-16-4-7-19(27)8-5-16)23(33)31-13-11-18-15-17(6-9-21(18)31)20-10-12-29-24(28)30-20/h4-10,12,15,22H,11,13-14H2,1-3H3,(H,34,35)(H2,28,29,30)/t22-/m0/s1. The number of rotatable bonds is 5. The minimum Gasteiger partial charge on any atom is -0.465 e. The molecule has 0 saturated carbocycles. The highest BCUT2D eigenvalue weighted by molar-refractivity contribution is 6.00. The van der Waals surface area contributed by atoms with Gasteiger partial charge in [0, 0.05) is 36.0 Å². The molecule has 0 saturated heterocycles. The van der Waals surface area contributed by atoms with Gasteiger partial charge < -0.3 is 15.7 Å². The molecule has 0 unspecified atom stereocenters. The number of halogens is 1. The topological polar surface area (TPSA) is 113 Å². The summed E-state index contributed by atoms with van der Waals surface area (Å²) in [6.45, 7) is 5.69. The van der Waals surface area contributed by atoms with E-state index in [9.17, 15) is 19.1 Å². The predicted octanol–water partition coefficient (Wildman–Crippen LogP) is 4.14. The number of amides is 2. The maximum absolute atomic E-state index is 13.9. The van der Waals surface area contributed by atoms with Crippen molar-refractivity contribution < 1.29 is 19.1 Å². The molecule has 3 N–H and O–H groups in total. The lowest BCUT2D eigenvalue weighted by Gasteiger charge is -2.40. The summed E-state index contributed by atoms with van der Waals surface area (Å²) in [5.41, 5.74) is 8.81. The molecular formula is C26H28FN5O3. The number of hydrogen-bond acceptors (Lipinski definition) is 5. The minimum atomic E-state index is -1.19. The number of aromatic nitrogens is 2. The molecule has 8 nitrogen and oxygen atoms in total. The number of benzene rings is 2. The zero-order valence-electron chi connectivity index (χ0n) is 19.9. The first-order valence-corrected chi connectivity index (χ1v) is 11.3. The Morgan fingerprint density at radius 3 is 2.51 bits per heavy atom. The summed E-state index contributed by atoms with van der Waals surface area (Å²) >= 11 is 0. The Morgan fingerprint density at radius 2 is 1.89 bits per heavy atom. The van der Waals surface area contributed by atoms with Crippen molar-refractivity contribution in [2.24, 2.45) is 0 Å². The molecule has 0 aliphatic carbocycles. The summed E-state index contributed by atoms with van der Waals surface area (Å²) in [4.78, 5) is 37.2. The number of carbonyl (C=O) groups excluding carboxylic acids is 1. The van der Waals surface area contributed by atoms with Crippen LogP contribution < -0.4 is 10.6 Å². The Hall–Kier alpha value is -4.01. The van der Waals surface area contributed by atoms with Crippen LogP contribution in [-0.2, 0) is 17.6 Å². The van der Waals surface area contributed by atoms with Gasteiger partial charge in [-0.3, -0.25) is 9.69 Å². The first-order valence-electron chi connectivity index (χ1n) is 11.3. The minimum absolute atomic E-state index is 0.132.